The highest BCUT2D eigenvalue weighted by Gasteiger charge is 2.09. The normalized spacial score (nSPS) is 10.3. The first kappa shape index (κ1) is 17.7. The Labute approximate surface area is 140 Å². The lowest BCUT2D eigenvalue weighted by Crippen LogP contribution is -2.22. The van der Waals surface area contributed by atoms with Crippen molar-refractivity contribution in [3.8, 4) is 11.5 Å². The van der Waals surface area contributed by atoms with Crippen molar-refractivity contribution in [2.75, 3.05) is 26.1 Å². The number of methoxy groups -OCH3 is 2. The van der Waals surface area contributed by atoms with Crippen LogP contribution in [0.25, 0.3) is 0 Å². The molecule has 2 aromatic rings. The van der Waals surface area contributed by atoms with Gasteiger partial charge >= 0.3 is 0 Å². The van der Waals surface area contributed by atoms with Crippen LogP contribution >= 0.6 is 0 Å². The van der Waals surface area contributed by atoms with E-state index in [1.807, 2.05) is 0 Å². The molecule has 0 heterocycles. The molecular weight excluding hydrogens is 311 g/mol. The number of amides is 1. The Bertz CT molecular complexity index is 692. The lowest BCUT2D eigenvalue weighted by atomic mass is 10.2. The van der Waals surface area contributed by atoms with Gasteiger partial charge in [0.2, 0.25) is 5.91 Å². The Morgan fingerprint density at radius 3 is 2.62 bits per heavy atom. The molecule has 0 unspecified atom stereocenters. The molecule has 0 fully saturated rings. The molecule has 0 aliphatic carbocycles. The Balaban J connectivity index is 1.80. The number of nitrogens with one attached hydrogen (secondary N) is 2. The third-order valence-electron chi connectivity index (χ3n) is 3.48. The molecule has 128 valence electrons. The standard InChI is InChI=1S/C18H21FN2O3/c1-23-14-7-8-16(17(11-14)24-2)21-18(22)9-10-20-12-13-5-3-4-6-15(13)19/h3-8,11,20H,9-10,12H2,1-2H3,(H,21,22). The molecule has 0 atom stereocenters. The summed E-state index contributed by atoms with van der Waals surface area (Å²) in [6.45, 7) is 0.824. The second-order valence-corrected chi connectivity index (χ2v) is 5.13. The van der Waals surface area contributed by atoms with Gasteiger partial charge in [-0.1, -0.05) is 18.2 Å². The van der Waals surface area contributed by atoms with E-state index in [4.69, 9.17) is 9.47 Å². The molecule has 0 aromatic heterocycles. The van der Waals surface area contributed by atoms with Crippen molar-refractivity contribution in [2.45, 2.75) is 13.0 Å². The van der Waals surface area contributed by atoms with Crippen molar-refractivity contribution in [1.82, 2.24) is 5.32 Å². The maximum Gasteiger partial charge on any atom is 0.225 e. The van der Waals surface area contributed by atoms with Crippen molar-refractivity contribution >= 4 is 11.6 Å². The van der Waals surface area contributed by atoms with Gasteiger partial charge in [0.1, 0.15) is 17.3 Å². The predicted molar refractivity (Wildman–Crippen MR) is 90.9 cm³/mol. The maximum absolute atomic E-state index is 13.5. The minimum atomic E-state index is -0.252. The van der Waals surface area contributed by atoms with Crippen LogP contribution in [0, 0.1) is 5.82 Å². The summed E-state index contributed by atoms with van der Waals surface area (Å²) < 4.78 is 23.8. The van der Waals surface area contributed by atoms with Crippen molar-refractivity contribution in [3.05, 3.63) is 53.8 Å². The Morgan fingerprint density at radius 2 is 1.92 bits per heavy atom. The van der Waals surface area contributed by atoms with Crippen molar-refractivity contribution in [1.29, 1.82) is 0 Å². The number of anilines is 1. The number of hydrogen-bond acceptors (Lipinski definition) is 4. The molecule has 0 aliphatic heterocycles. The molecule has 2 rings (SSSR count). The fourth-order valence-electron chi connectivity index (χ4n) is 2.18. The van der Waals surface area contributed by atoms with Gasteiger partial charge in [-0.3, -0.25) is 4.79 Å². The Morgan fingerprint density at radius 1 is 1.12 bits per heavy atom. The van der Waals surface area contributed by atoms with Crippen LogP contribution in [-0.4, -0.2) is 26.7 Å². The molecule has 6 heteroatoms. The molecule has 5 nitrogen and oxygen atoms in total. The van der Waals surface area contributed by atoms with E-state index < -0.39 is 0 Å². The van der Waals surface area contributed by atoms with Gasteiger partial charge in [-0.25, -0.2) is 4.39 Å². The lowest BCUT2D eigenvalue weighted by Gasteiger charge is -2.12. The largest absolute Gasteiger partial charge is 0.497 e. The molecule has 0 spiro atoms. The first-order chi connectivity index (χ1) is 11.6. The monoisotopic (exact) mass is 332 g/mol. The number of carbonyl (C=O) groups is 1. The van der Waals surface area contributed by atoms with Gasteiger partial charge in [-0.2, -0.15) is 0 Å². The summed E-state index contributed by atoms with van der Waals surface area (Å²) in [7, 11) is 3.09. The highest BCUT2D eigenvalue weighted by atomic mass is 19.1. The third kappa shape index (κ3) is 4.96. The highest BCUT2D eigenvalue weighted by Crippen LogP contribution is 2.28. The zero-order valence-electron chi connectivity index (χ0n) is 13.8. The smallest absolute Gasteiger partial charge is 0.225 e. The van der Waals surface area contributed by atoms with Crippen LogP contribution < -0.4 is 20.1 Å². The van der Waals surface area contributed by atoms with Crippen molar-refractivity contribution in [3.63, 3.8) is 0 Å². The van der Waals surface area contributed by atoms with Crippen LogP contribution in [-0.2, 0) is 11.3 Å². The number of halogens is 1. The van der Waals surface area contributed by atoms with E-state index in [1.54, 1.807) is 43.5 Å². The molecule has 0 aliphatic rings. The summed E-state index contributed by atoms with van der Waals surface area (Å²) in [5.41, 5.74) is 1.16. The van der Waals surface area contributed by atoms with Crippen molar-refractivity contribution < 1.29 is 18.7 Å². The number of rotatable bonds is 8. The summed E-state index contributed by atoms with van der Waals surface area (Å²) >= 11 is 0. The number of hydrogen-bond donors (Lipinski definition) is 2. The van der Waals surface area contributed by atoms with E-state index in [2.05, 4.69) is 10.6 Å². The van der Waals surface area contributed by atoms with Crippen LogP contribution in [0.5, 0.6) is 11.5 Å². The maximum atomic E-state index is 13.5. The van der Waals surface area contributed by atoms with E-state index in [9.17, 15) is 9.18 Å². The van der Waals surface area contributed by atoms with Crippen LogP contribution in [0.4, 0.5) is 10.1 Å². The lowest BCUT2D eigenvalue weighted by molar-refractivity contribution is -0.116. The first-order valence-corrected chi connectivity index (χ1v) is 7.60. The summed E-state index contributed by atoms with van der Waals surface area (Å²) in [6, 6.07) is 11.7. The Kier molecular flexibility index (Phi) is 6.57. The summed E-state index contributed by atoms with van der Waals surface area (Å²) in [4.78, 5) is 12.0. The highest BCUT2D eigenvalue weighted by molar-refractivity contribution is 5.92. The summed E-state index contributed by atoms with van der Waals surface area (Å²) in [5.74, 6) is 0.773. The minimum absolute atomic E-state index is 0.153. The second kappa shape index (κ2) is 8.88. The van der Waals surface area contributed by atoms with E-state index >= 15 is 0 Å². The zero-order chi connectivity index (χ0) is 17.4. The van der Waals surface area contributed by atoms with Gasteiger partial charge in [0.15, 0.2) is 0 Å². The molecular formula is C18H21FN2O3. The number of carbonyl (C=O) groups excluding carboxylic acids is 1. The van der Waals surface area contributed by atoms with Gasteiger partial charge < -0.3 is 20.1 Å². The van der Waals surface area contributed by atoms with Gasteiger partial charge in [0.25, 0.3) is 0 Å². The van der Waals surface area contributed by atoms with Gasteiger partial charge in [0.05, 0.1) is 19.9 Å². The van der Waals surface area contributed by atoms with Gasteiger partial charge in [0, 0.05) is 31.1 Å². The fourth-order valence-corrected chi connectivity index (χ4v) is 2.18. The zero-order valence-corrected chi connectivity index (χ0v) is 13.8. The Hall–Kier alpha value is -2.60. The van der Waals surface area contributed by atoms with Gasteiger partial charge in [-0.05, 0) is 18.2 Å². The van der Waals surface area contributed by atoms with Crippen LogP contribution in [0.2, 0.25) is 0 Å². The van der Waals surface area contributed by atoms with E-state index in [1.165, 1.54) is 13.2 Å². The van der Waals surface area contributed by atoms with Crippen LogP contribution in [0.3, 0.4) is 0 Å². The van der Waals surface area contributed by atoms with Gasteiger partial charge in [-0.15, -0.1) is 0 Å². The third-order valence-corrected chi connectivity index (χ3v) is 3.48. The molecule has 0 saturated heterocycles. The quantitative estimate of drug-likeness (QED) is 0.730. The molecule has 1 amide bonds. The summed E-state index contributed by atoms with van der Waals surface area (Å²) in [6.07, 6.45) is 0.267. The van der Waals surface area contributed by atoms with E-state index in [-0.39, 0.29) is 18.1 Å². The van der Waals surface area contributed by atoms with E-state index in [0.717, 1.165) is 0 Å². The number of ether oxygens (including phenoxy) is 2. The van der Waals surface area contributed by atoms with Crippen LogP contribution in [0.15, 0.2) is 42.5 Å². The molecule has 2 N–H and O–H groups in total. The predicted octanol–water partition coefficient (Wildman–Crippen LogP) is 2.96. The molecule has 0 saturated carbocycles. The second-order valence-electron chi connectivity index (χ2n) is 5.13. The molecule has 0 radical (unpaired) electrons. The van der Waals surface area contributed by atoms with Crippen molar-refractivity contribution in [2.24, 2.45) is 0 Å². The summed E-state index contributed by atoms with van der Waals surface area (Å²) in [5, 5.41) is 5.84. The topological polar surface area (TPSA) is 59.6 Å². The first-order valence-electron chi connectivity index (χ1n) is 7.60. The minimum Gasteiger partial charge on any atom is -0.497 e. The fraction of sp³-hybridized carbons (Fsp3) is 0.278. The number of benzene rings is 2. The average Bonchev–Trinajstić information content (AvgIpc) is 2.60. The molecule has 24 heavy (non-hydrogen) atoms. The van der Waals surface area contributed by atoms with E-state index in [0.29, 0.717) is 35.8 Å². The SMILES string of the molecule is COc1ccc(NC(=O)CCNCc2ccccc2F)c(OC)c1. The molecule has 0 bridgehead atoms. The average molecular weight is 332 g/mol. The molecule has 2 aromatic carbocycles. The van der Waals surface area contributed by atoms with Crippen LogP contribution in [0.1, 0.15) is 12.0 Å².